The van der Waals surface area contributed by atoms with Gasteiger partial charge in [-0.05, 0) is 25.3 Å². The predicted molar refractivity (Wildman–Crippen MR) is 80.1 cm³/mol. The first-order chi connectivity index (χ1) is 9.26. The Morgan fingerprint density at radius 2 is 2.32 bits per heavy atom. The molecule has 1 aromatic heterocycles. The first kappa shape index (κ1) is 16.1. The van der Waals surface area contributed by atoms with Crippen LogP contribution in [0.15, 0.2) is 10.9 Å². The highest BCUT2D eigenvalue weighted by Crippen LogP contribution is 2.16. The van der Waals surface area contributed by atoms with Gasteiger partial charge < -0.3 is 11.1 Å². The molecule has 0 radical (unpaired) electrons. The molecule has 0 fully saturated rings. The standard InChI is InChI=1S/C14H25N3OS/c1-2-3-12(6-8-15)4-5-14(18)16-9-7-13-10-19-11-17-13/h10-12H,2-9,15H2,1H3,(H,16,18). The summed E-state index contributed by atoms with van der Waals surface area (Å²) in [5, 5.41) is 4.97. The molecule has 108 valence electrons. The van der Waals surface area contributed by atoms with E-state index in [0.29, 0.717) is 18.9 Å². The Hall–Kier alpha value is -0.940. The van der Waals surface area contributed by atoms with Crippen LogP contribution in [0.5, 0.6) is 0 Å². The molecule has 0 saturated carbocycles. The maximum Gasteiger partial charge on any atom is 0.220 e. The Labute approximate surface area is 119 Å². The summed E-state index contributed by atoms with van der Waals surface area (Å²) in [5.74, 6) is 0.743. The molecule has 19 heavy (non-hydrogen) atoms. The van der Waals surface area contributed by atoms with Crippen LogP contribution in [0.4, 0.5) is 0 Å². The first-order valence-electron chi connectivity index (χ1n) is 7.10. The Balaban J connectivity index is 2.12. The quantitative estimate of drug-likeness (QED) is 0.692. The van der Waals surface area contributed by atoms with E-state index in [1.54, 1.807) is 11.3 Å². The van der Waals surface area contributed by atoms with Crippen LogP contribution in [-0.4, -0.2) is 24.0 Å². The van der Waals surface area contributed by atoms with Crippen molar-refractivity contribution in [2.24, 2.45) is 11.7 Å². The molecule has 4 nitrogen and oxygen atoms in total. The average molecular weight is 283 g/mol. The molecular weight excluding hydrogens is 258 g/mol. The van der Waals surface area contributed by atoms with Gasteiger partial charge in [-0.2, -0.15) is 0 Å². The topological polar surface area (TPSA) is 68.0 Å². The number of carbonyl (C=O) groups excluding carboxylic acids is 1. The van der Waals surface area contributed by atoms with Crippen molar-refractivity contribution in [2.45, 2.75) is 45.4 Å². The molecule has 0 aliphatic carbocycles. The van der Waals surface area contributed by atoms with Gasteiger partial charge in [-0.1, -0.05) is 19.8 Å². The molecular formula is C14H25N3OS. The Morgan fingerprint density at radius 3 is 2.95 bits per heavy atom. The van der Waals surface area contributed by atoms with Crippen molar-refractivity contribution >= 4 is 17.2 Å². The predicted octanol–water partition coefficient (Wildman–Crippen LogP) is 2.35. The molecule has 1 atom stereocenters. The fourth-order valence-electron chi connectivity index (χ4n) is 2.19. The highest BCUT2D eigenvalue weighted by Gasteiger charge is 2.09. The fourth-order valence-corrected chi connectivity index (χ4v) is 2.78. The molecule has 1 rings (SSSR count). The van der Waals surface area contributed by atoms with Gasteiger partial charge in [-0.15, -0.1) is 11.3 Å². The molecule has 3 N–H and O–H groups in total. The zero-order valence-electron chi connectivity index (χ0n) is 11.7. The number of carbonyl (C=O) groups is 1. The number of thiazole rings is 1. The second-order valence-corrected chi connectivity index (χ2v) is 5.57. The molecule has 1 heterocycles. The fraction of sp³-hybridized carbons (Fsp3) is 0.714. The van der Waals surface area contributed by atoms with Gasteiger partial charge in [0, 0.05) is 24.8 Å². The van der Waals surface area contributed by atoms with Gasteiger partial charge in [0.1, 0.15) is 0 Å². The molecule has 0 bridgehead atoms. The van der Waals surface area contributed by atoms with Crippen molar-refractivity contribution in [3.63, 3.8) is 0 Å². The number of hydrogen-bond acceptors (Lipinski definition) is 4. The van der Waals surface area contributed by atoms with Crippen molar-refractivity contribution in [1.29, 1.82) is 0 Å². The average Bonchev–Trinajstić information content (AvgIpc) is 2.90. The van der Waals surface area contributed by atoms with Crippen molar-refractivity contribution in [3.05, 3.63) is 16.6 Å². The summed E-state index contributed by atoms with van der Waals surface area (Å²) in [6.07, 6.45) is 5.74. The molecule has 1 amide bonds. The molecule has 0 aliphatic rings. The van der Waals surface area contributed by atoms with Gasteiger partial charge in [-0.3, -0.25) is 4.79 Å². The van der Waals surface area contributed by atoms with E-state index in [1.807, 2.05) is 10.9 Å². The number of amides is 1. The highest BCUT2D eigenvalue weighted by atomic mass is 32.1. The van der Waals surface area contributed by atoms with Crippen molar-refractivity contribution in [1.82, 2.24) is 10.3 Å². The second kappa shape index (κ2) is 9.92. The lowest BCUT2D eigenvalue weighted by molar-refractivity contribution is -0.121. The van der Waals surface area contributed by atoms with Crippen molar-refractivity contribution < 1.29 is 4.79 Å². The third-order valence-electron chi connectivity index (χ3n) is 3.24. The minimum atomic E-state index is 0.147. The number of nitrogens with two attached hydrogens (primary N) is 1. The lowest BCUT2D eigenvalue weighted by Crippen LogP contribution is -2.26. The second-order valence-electron chi connectivity index (χ2n) is 4.85. The van der Waals surface area contributed by atoms with E-state index >= 15 is 0 Å². The maximum atomic E-state index is 11.7. The van der Waals surface area contributed by atoms with Crippen LogP contribution >= 0.6 is 11.3 Å². The lowest BCUT2D eigenvalue weighted by Gasteiger charge is -2.14. The third kappa shape index (κ3) is 7.28. The van der Waals surface area contributed by atoms with E-state index in [4.69, 9.17) is 5.73 Å². The molecule has 0 aliphatic heterocycles. The first-order valence-corrected chi connectivity index (χ1v) is 8.04. The molecule has 0 aromatic carbocycles. The third-order valence-corrected chi connectivity index (χ3v) is 3.87. The summed E-state index contributed by atoms with van der Waals surface area (Å²) in [4.78, 5) is 15.9. The van der Waals surface area contributed by atoms with Crippen LogP contribution in [0, 0.1) is 5.92 Å². The van der Waals surface area contributed by atoms with E-state index < -0.39 is 0 Å². The number of aromatic nitrogens is 1. The van der Waals surface area contributed by atoms with Gasteiger partial charge >= 0.3 is 0 Å². The minimum Gasteiger partial charge on any atom is -0.356 e. The summed E-state index contributed by atoms with van der Waals surface area (Å²) in [5.41, 5.74) is 8.47. The Morgan fingerprint density at radius 1 is 1.47 bits per heavy atom. The zero-order valence-corrected chi connectivity index (χ0v) is 12.5. The van der Waals surface area contributed by atoms with Crippen LogP contribution in [0.2, 0.25) is 0 Å². The van der Waals surface area contributed by atoms with Crippen LogP contribution in [0.25, 0.3) is 0 Å². The van der Waals surface area contributed by atoms with Gasteiger partial charge in [0.15, 0.2) is 0 Å². The molecule has 0 saturated heterocycles. The summed E-state index contributed by atoms with van der Waals surface area (Å²) < 4.78 is 0. The molecule has 1 aromatic rings. The SMILES string of the molecule is CCCC(CCN)CCC(=O)NCCc1cscn1. The zero-order chi connectivity index (χ0) is 13.9. The van der Waals surface area contributed by atoms with Crippen LogP contribution in [0.3, 0.4) is 0 Å². The molecule has 0 spiro atoms. The van der Waals surface area contributed by atoms with Gasteiger partial charge in [0.05, 0.1) is 11.2 Å². The van der Waals surface area contributed by atoms with E-state index in [0.717, 1.165) is 37.9 Å². The normalized spacial score (nSPS) is 12.3. The molecule has 5 heteroatoms. The van der Waals surface area contributed by atoms with Crippen LogP contribution < -0.4 is 11.1 Å². The largest absolute Gasteiger partial charge is 0.356 e. The lowest BCUT2D eigenvalue weighted by atomic mass is 9.94. The van der Waals surface area contributed by atoms with E-state index in [1.165, 1.54) is 6.42 Å². The minimum absolute atomic E-state index is 0.147. The summed E-state index contributed by atoms with van der Waals surface area (Å²) >= 11 is 1.59. The monoisotopic (exact) mass is 283 g/mol. The van der Waals surface area contributed by atoms with Gasteiger partial charge in [0.2, 0.25) is 5.91 Å². The Kier molecular flexibility index (Phi) is 8.41. The van der Waals surface area contributed by atoms with Crippen LogP contribution in [0.1, 0.15) is 44.7 Å². The smallest absolute Gasteiger partial charge is 0.220 e. The molecule has 1 unspecified atom stereocenters. The van der Waals surface area contributed by atoms with E-state index in [2.05, 4.69) is 17.2 Å². The summed E-state index contributed by atoms with van der Waals surface area (Å²) in [6.45, 7) is 3.57. The van der Waals surface area contributed by atoms with Crippen molar-refractivity contribution in [3.8, 4) is 0 Å². The van der Waals surface area contributed by atoms with E-state index in [-0.39, 0.29) is 5.91 Å². The number of hydrogen-bond donors (Lipinski definition) is 2. The highest BCUT2D eigenvalue weighted by molar-refractivity contribution is 7.07. The summed E-state index contributed by atoms with van der Waals surface area (Å²) in [7, 11) is 0. The van der Waals surface area contributed by atoms with E-state index in [9.17, 15) is 4.79 Å². The van der Waals surface area contributed by atoms with Crippen molar-refractivity contribution in [2.75, 3.05) is 13.1 Å². The van der Waals surface area contributed by atoms with Gasteiger partial charge in [0.25, 0.3) is 0 Å². The Bertz CT molecular complexity index is 334. The maximum absolute atomic E-state index is 11.7. The van der Waals surface area contributed by atoms with Crippen LogP contribution in [-0.2, 0) is 11.2 Å². The number of rotatable bonds is 10. The summed E-state index contributed by atoms with van der Waals surface area (Å²) in [6, 6.07) is 0. The van der Waals surface area contributed by atoms with Gasteiger partial charge in [-0.25, -0.2) is 4.98 Å². The number of nitrogens with zero attached hydrogens (tertiary/aromatic N) is 1. The number of nitrogens with one attached hydrogen (secondary N) is 1.